The largest absolute Gasteiger partial charge is 0.497 e. The van der Waals surface area contributed by atoms with Crippen molar-refractivity contribution in [2.75, 3.05) is 43.1 Å². The molecule has 5 heteroatoms. The molecule has 2 aromatic carbocycles. The average Bonchev–Trinajstić information content (AvgIpc) is 2.62. The Labute approximate surface area is 141 Å². The van der Waals surface area contributed by atoms with E-state index in [0.29, 0.717) is 10.6 Å². The van der Waals surface area contributed by atoms with Gasteiger partial charge in [-0.1, -0.05) is 17.7 Å². The molecule has 1 aliphatic heterocycles. The van der Waals surface area contributed by atoms with Crippen molar-refractivity contribution in [2.45, 2.75) is 0 Å². The summed E-state index contributed by atoms with van der Waals surface area (Å²) >= 11 is 6.09. The molecule has 1 aliphatic rings. The first-order chi connectivity index (χ1) is 11.2. The van der Waals surface area contributed by atoms with Crippen LogP contribution >= 0.6 is 11.6 Å². The van der Waals surface area contributed by atoms with Gasteiger partial charge in [0.25, 0.3) is 0 Å². The van der Waals surface area contributed by atoms with Gasteiger partial charge in [-0.3, -0.25) is 0 Å². The third-order valence-electron chi connectivity index (χ3n) is 4.12. The summed E-state index contributed by atoms with van der Waals surface area (Å²) in [5, 5.41) is 9.94. The van der Waals surface area contributed by atoms with Gasteiger partial charge in [0.15, 0.2) is 0 Å². The lowest BCUT2D eigenvalue weighted by molar-refractivity contribution is 0.414. The number of halogens is 1. The third kappa shape index (κ3) is 3.35. The predicted octanol–water partition coefficient (Wildman–Crippen LogP) is 3.55. The van der Waals surface area contributed by atoms with Crippen LogP contribution in [0.4, 0.5) is 11.4 Å². The third-order valence-corrected chi connectivity index (χ3v) is 4.35. The van der Waals surface area contributed by atoms with Gasteiger partial charge >= 0.3 is 0 Å². The van der Waals surface area contributed by atoms with E-state index in [-0.39, 0.29) is 0 Å². The number of methoxy groups -OCH3 is 1. The molecule has 118 valence electrons. The molecule has 0 saturated carbocycles. The highest BCUT2D eigenvalue weighted by molar-refractivity contribution is 6.30. The molecule has 4 nitrogen and oxygen atoms in total. The smallest absolute Gasteiger partial charge is 0.120 e. The minimum Gasteiger partial charge on any atom is -0.497 e. The van der Waals surface area contributed by atoms with Crippen molar-refractivity contribution < 1.29 is 4.74 Å². The summed E-state index contributed by atoms with van der Waals surface area (Å²) in [5.41, 5.74) is 2.75. The highest BCUT2D eigenvalue weighted by atomic mass is 35.5. The zero-order chi connectivity index (χ0) is 16.2. The molecule has 0 bridgehead atoms. The number of hydrogen-bond acceptors (Lipinski definition) is 4. The number of ether oxygens (including phenoxy) is 1. The van der Waals surface area contributed by atoms with E-state index in [9.17, 15) is 5.26 Å². The van der Waals surface area contributed by atoms with Gasteiger partial charge in [0.05, 0.1) is 18.4 Å². The molecule has 0 radical (unpaired) electrons. The molecule has 0 spiro atoms. The molecule has 0 atom stereocenters. The van der Waals surface area contributed by atoms with Crippen molar-refractivity contribution in [2.24, 2.45) is 0 Å². The number of rotatable bonds is 3. The number of benzene rings is 2. The summed E-state index contributed by atoms with van der Waals surface area (Å²) in [4.78, 5) is 4.55. The first-order valence-electron chi connectivity index (χ1n) is 7.55. The molecule has 0 unspecified atom stereocenters. The number of anilines is 2. The van der Waals surface area contributed by atoms with Crippen LogP contribution in [0.5, 0.6) is 5.75 Å². The van der Waals surface area contributed by atoms with Crippen LogP contribution in [-0.2, 0) is 0 Å². The molecule has 1 heterocycles. The van der Waals surface area contributed by atoms with Crippen LogP contribution in [0.2, 0.25) is 5.02 Å². The Balaban J connectivity index is 1.74. The highest BCUT2D eigenvalue weighted by Gasteiger charge is 2.20. The number of nitriles is 1. The molecule has 1 saturated heterocycles. The Morgan fingerprint density at radius 1 is 1.04 bits per heavy atom. The molecule has 23 heavy (non-hydrogen) atoms. The van der Waals surface area contributed by atoms with Crippen molar-refractivity contribution in [1.29, 1.82) is 5.26 Å². The maximum atomic E-state index is 9.28. The lowest BCUT2D eigenvalue weighted by atomic mass is 10.1. The van der Waals surface area contributed by atoms with Gasteiger partial charge in [-0.2, -0.15) is 5.26 Å². The second-order valence-electron chi connectivity index (χ2n) is 5.45. The van der Waals surface area contributed by atoms with E-state index in [1.165, 1.54) is 0 Å². The van der Waals surface area contributed by atoms with E-state index in [4.69, 9.17) is 16.3 Å². The minimum atomic E-state index is 0.661. The monoisotopic (exact) mass is 327 g/mol. The Bertz CT molecular complexity index is 733. The molecular formula is C18H18ClN3O. The van der Waals surface area contributed by atoms with Gasteiger partial charge in [0.2, 0.25) is 0 Å². The van der Waals surface area contributed by atoms with Crippen molar-refractivity contribution in [3.8, 4) is 11.8 Å². The van der Waals surface area contributed by atoms with Crippen LogP contribution < -0.4 is 14.5 Å². The van der Waals surface area contributed by atoms with Crippen LogP contribution in [0.1, 0.15) is 5.56 Å². The topological polar surface area (TPSA) is 39.5 Å². The average molecular weight is 328 g/mol. The van der Waals surface area contributed by atoms with Crippen LogP contribution in [0.25, 0.3) is 0 Å². The Morgan fingerprint density at radius 2 is 1.78 bits per heavy atom. The molecule has 0 aliphatic carbocycles. The minimum absolute atomic E-state index is 0.661. The van der Waals surface area contributed by atoms with Crippen LogP contribution in [-0.4, -0.2) is 33.3 Å². The predicted molar refractivity (Wildman–Crippen MR) is 93.6 cm³/mol. The van der Waals surface area contributed by atoms with Crippen molar-refractivity contribution >= 4 is 23.0 Å². The molecule has 2 aromatic rings. The molecule has 0 aromatic heterocycles. The summed E-state index contributed by atoms with van der Waals surface area (Å²) < 4.78 is 5.29. The number of nitrogens with zero attached hydrogens (tertiary/aromatic N) is 3. The van der Waals surface area contributed by atoms with E-state index >= 15 is 0 Å². The van der Waals surface area contributed by atoms with Crippen LogP contribution in [0.15, 0.2) is 42.5 Å². The molecule has 1 fully saturated rings. The Hall–Kier alpha value is -2.38. The van der Waals surface area contributed by atoms with E-state index < -0.39 is 0 Å². The summed E-state index contributed by atoms with van der Waals surface area (Å²) in [6.07, 6.45) is 0. The van der Waals surface area contributed by atoms with E-state index in [2.05, 4.69) is 28.0 Å². The van der Waals surface area contributed by atoms with E-state index in [1.54, 1.807) is 19.2 Å². The zero-order valence-electron chi connectivity index (χ0n) is 13.0. The van der Waals surface area contributed by atoms with E-state index in [0.717, 1.165) is 43.3 Å². The van der Waals surface area contributed by atoms with Gasteiger partial charge in [-0.25, -0.2) is 0 Å². The normalized spacial score (nSPS) is 14.5. The first-order valence-corrected chi connectivity index (χ1v) is 7.92. The number of piperazine rings is 1. The lowest BCUT2D eigenvalue weighted by Crippen LogP contribution is -2.46. The lowest BCUT2D eigenvalue weighted by Gasteiger charge is -2.37. The molecule has 3 rings (SSSR count). The fraction of sp³-hybridized carbons (Fsp3) is 0.278. The molecule has 0 amide bonds. The second kappa shape index (κ2) is 6.80. The molecule has 0 N–H and O–H groups in total. The van der Waals surface area contributed by atoms with Gasteiger partial charge in [0.1, 0.15) is 11.8 Å². The standard InChI is InChI=1S/C18H18ClN3O/c1-23-17-4-2-3-16(12-17)21-7-9-22(10-8-21)18-11-15(19)6-5-14(18)13-20/h2-6,11-12H,7-10H2,1H3. The van der Waals surface area contributed by atoms with Gasteiger partial charge < -0.3 is 14.5 Å². The van der Waals surface area contributed by atoms with Crippen molar-refractivity contribution in [3.63, 3.8) is 0 Å². The molecular weight excluding hydrogens is 310 g/mol. The fourth-order valence-electron chi connectivity index (χ4n) is 2.87. The van der Waals surface area contributed by atoms with Crippen LogP contribution in [0.3, 0.4) is 0 Å². The van der Waals surface area contributed by atoms with Gasteiger partial charge in [-0.05, 0) is 30.3 Å². The first kappa shape index (κ1) is 15.5. The van der Waals surface area contributed by atoms with Crippen molar-refractivity contribution in [1.82, 2.24) is 0 Å². The quantitative estimate of drug-likeness (QED) is 0.864. The second-order valence-corrected chi connectivity index (χ2v) is 5.89. The SMILES string of the molecule is COc1cccc(N2CCN(c3cc(Cl)ccc3C#N)CC2)c1. The fourth-order valence-corrected chi connectivity index (χ4v) is 3.04. The maximum Gasteiger partial charge on any atom is 0.120 e. The van der Waals surface area contributed by atoms with E-state index in [1.807, 2.05) is 18.2 Å². The Morgan fingerprint density at radius 3 is 2.48 bits per heavy atom. The summed E-state index contributed by atoms with van der Waals surface area (Å²) in [6, 6.07) is 15.8. The summed E-state index contributed by atoms with van der Waals surface area (Å²) in [5.74, 6) is 0.867. The maximum absolute atomic E-state index is 9.28. The summed E-state index contributed by atoms with van der Waals surface area (Å²) in [6.45, 7) is 3.49. The Kier molecular flexibility index (Phi) is 4.59. The number of hydrogen-bond donors (Lipinski definition) is 0. The summed E-state index contributed by atoms with van der Waals surface area (Å²) in [7, 11) is 1.68. The van der Waals surface area contributed by atoms with Gasteiger partial charge in [0, 0.05) is 43.0 Å². The van der Waals surface area contributed by atoms with Crippen molar-refractivity contribution in [3.05, 3.63) is 53.1 Å². The van der Waals surface area contributed by atoms with Crippen LogP contribution in [0, 0.1) is 11.3 Å². The zero-order valence-corrected chi connectivity index (χ0v) is 13.8. The highest BCUT2D eigenvalue weighted by Crippen LogP contribution is 2.27. The van der Waals surface area contributed by atoms with Gasteiger partial charge in [-0.15, -0.1) is 0 Å².